The first kappa shape index (κ1) is 7.28. The highest BCUT2D eigenvalue weighted by atomic mass is 16.5. The predicted molar refractivity (Wildman–Crippen MR) is 35.7 cm³/mol. The van der Waals surface area contributed by atoms with Crippen molar-refractivity contribution in [3.8, 4) is 0 Å². The smallest absolute Gasteiger partial charge is 0.309 e. The van der Waals surface area contributed by atoms with Crippen molar-refractivity contribution < 1.29 is 14.6 Å². The molecule has 2 atom stereocenters. The van der Waals surface area contributed by atoms with Crippen molar-refractivity contribution in [1.82, 2.24) is 0 Å². The zero-order chi connectivity index (χ0) is 7.56. The molecule has 0 saturated carbocycles. The van der Waals surface area contributed by atoms with Crippen LogP contribution in [0.3, 0.4) is 0 Å². The highest BCUT2D eigenvalue weighted by Crippen LogP contribution is 2.21. The molecule has 0 spiro atoms. The van der Waals surface area contributed by atoms with Crippen LogP contribution in [0, 0.1) is 5.92 Å². The third-order valence-electron chi connectivity index (χ3n) is 1.69. The molecule has 1 aliphatic heterocycles. The van der Waals surface area contributed by atoms with Gasteiger partial charge in [0.2, 0.25) is 0 Å². The van der Waals surface area contributed by atoms with E-state index in [9.17, 15) is 4.79 Å². The Kier molecular flexibility index (Phi) is 2.06. The SMILES string of the molecule is C=C[C@H]1OCC[C@H]1C(=O)O. The Morgan fingerprint density at radius 1 is 1.80 bits per heavy atom. The number of hydrogen-bond acceptors (Lipinski definition) is 2. The summed E-state index contributed by atoms with van der Waals surface area (Å²) in [7, 11) is 0. The number of carboxylic acids is 1. The highest BCUT2D eigenvalue weighted by Gasteiger charge is 2.31. The summed E-state index contributed by atoms with van der Waals surface area (Å²) in [6, 6.07) is 0. The van der Waals surface area contributed by atoms with E-state index in [4.69, 9.17) is 9.84 Å². The summed E-state index contributed by atoms with van der Waals surface area (Å²) >= 11 is 0. The standard InChI is InChI=1S/C7H10O3/c1-2-6-5(7(8)9)3-4-10-6/h2,5-6H,1,3-4H2,(H,8,9)/t5-,6-/m1/s1. The normalized spacial score (nSPS) is 32.0. The summed E-state index contributed by atoms with van der Waals surface area (Å²) in [5.74, 6) is -1.17. The lowest BCUT2D eigenvalue weighted by Gasteiger charge is -2.07. The van der Waals surface area contributed by atoms with Gasteiger partial charge < -0.3 is 9.84 Å². The first-order chi connectivity index (χ1) is 4.75. The van der Waals surface area contributed by atoms with E-state index in [1.165, 1.54) is 0 Å². The molecule has 0 unspecified atom stereocenters. The van der Waals surface area contributed by atoms with Crippen LogP contribution in [0.2, 0.25) is 0 Å². The van der Waals surface area contributed by atoms with Crippen molar-refractivity contribution >= 4 is 5.97 Å². The number of aliphatic carboxylic acids is 1. The molecular weight excluding hydrogens is 132 g/mol. The summed E-state index contributed by atoms with van der Waals surface area (Å²) in [4.78, 5) is 10.4. The van der Waals surface area contributed by atoms with Crippen LogP contribution in [0.4, 0.5) is 0 Å². The number of ether oxygens (including phenoxy) is 1. The largest absolute Gasteiger partial charge is 0.481 e. The van der Waals surface area contributed by atoms with Gasteiger partial charge >= 0.3 is 5.97 Å². The average Bonchev–Trinajstić information content (AvgIpc) is 2.33. The van der Waals surface area contributed by atoms with Gasteiger partial charge in [0.25, 0.3) is 0 Å². The fourth-order valence-electron chi connectivity index (χ4n) is 1.11. The molecule has 0 bridgehead atoms. The van der Waals surface area contributed by atoms with Crippen LogP contribution < -0.4 is 0 Å². The zero-order valence-corrected chi connectivity index (χ0v) is 5.62. The molecule has 0 aromatic heterocycles. The Hall–Kier alpha value is -0.830. The van der Waals surface area contributed by atoms with Gasteiger partial charge in [-0.1, -0.05) is 6.08 Å². The zero-order valence-electron chi connectivity index (χ0n) is 5.62. The molecule has 10 heavy (non-hydrogen) atoms. The molecule has 1 N–H and O–H groups in total. The van der Waals surface area contributed by atoms with Gasteiger partial charge in [-0.2, -0.15) is 0 Å². The maximum atomic E-state index is 10.4. The molecule has 1 aliphatic rings. The third-order valence-corrected chi connectivity index (χ3v) is 1.69. The van der Waals surface area contributed by atoms with Crippen molar-refractivity contribution in [3.05, 3.63) is 12.7 Å². The van der Waals surface area contributed by atoms with Gasteiger partial charge in [-0.3, -0.25) is 4.79 Å². The van der Waals surface area contributed by atoms with Gasteiger partial charge in [-0.15, -0.1) is 6.58 Å². The van der Waals surface area contributed by atoms with E-state index in [0.717, 1.165) is 0 Å². The van der Waals surface area contributed by atoms with Gasteiger partial charge in [0.05, 0.1) is 12.0 Å². The third kappa shape index (κ3) is 1.19. The second kappa shape index (κ2) is 2.84. The lowest BCUT2D eigenvalue weighted by atomic mass is 10.0. The Balaban J connectivity index is 2.58. The Morgan fingerprint density at radius 3 is 2.90 bits per heavy atom. The van der Waals surface area contributed by atoms with Crippen LogP contribution in [-0.2, 0) is 9.53 Å². The van der Waals surface area contributed by atoms with E-state index in [1.807, 2.05) is 0 Å². The molecule has 3 nitrogen and oxygen atoms in total. The molecule has 0 aromatic rings. The fourth-order valence-corrected chi connectivity index (χ4v) is 1.11. The Bertz CT molecular complexity index is 153. The van der Waals surface area contributed by atoms with E-state index in [1.54, 1.807) is 6.08 Å². The van der Waals surface area contributed by atoms with Crippen molar-refractivity contribution in [2.75, 3.05) is 6.61 Å². The minimum absolute atomic E-state index is 0.280. The lowest BCUT2D eigenvalue weighted by Crippen LogP contribution is -2.21. The van der Waals surface area contributed by atoms with Gasteiger partial charge in [0.1, 0.15) is 0 Å². The molecule has 1 rings (SSSR count). The van der Waals surface area contributed by atoms with Crippen LogP contribution in [0.5, 0.6) is 0 Å². The van der Waals surface area contributed by atoms with Crippen LogP contribution in [0.15, 0.2) is 12.7 Å². The molecular formula is C7H10O3. The summed E-state index contributed by atoms with van der Waals surface area (Å²) in [5, 5.41) is 8.59. The van der Waals surface area contributed by atoms with Crippen LogP contribution in [-0.4, -0.2) is 23.8 Å². The molecule has 0 radical (unpaired) electrons. The molecule has 0 aromatic carbocycles. The van der Waals surface area contributed by atoms with E-state index in [-0.39, 0.29) is 12.0 Å². The van der Waals surface area contributed by atoms with Crippen molar-refractivity contribution in [2.24, 2.45) is 5.92 Å². The summed E-state index contributed by atoms with van der Waals surface area (Å²) in [6.45, 7) is 4.02. The highest BCUT2D eigenvalue weighted by molar-refractivity contribution is 5.71. The number of carbonyl (C=O) groups is 1. The second-order valence-corrected chi connectivity index (χ2v) is 2.30. The van der Waals surface area contributed by atoms with E-state index in [0.29, 0.717) is 13.0 Å². The molecule has 1 fully saturated rings. The van der Waals surface area contributed by atoms with Crippen molar-refractivity contribution in [1.29, 1.82) is 0 Å². The second-order valence-electron chi connectivity index (χ2n) is 2.30. The molecule has 0 amide bonds. The topological polar surface area (TPSA) is 46.5 Å². The first-order valence-electron chi connectivity index (χ1n) is 3.22. The number of hydrogen-bond donors (Lipinski definition) is 1. The van der Waals surface area contributed by atoms with Gasteiger partial charge in [-0.05, 0) is 6.42 Å². The molecule has 1 heterocycles. The maximum absolute atomic E-state index is 10.4. The predicted octanol–water partition coefficient (Wildman–Crippen LogP) is 0.662. The van der Waals surface area contributed by atoms with Crippen molar-refractivity contribution in [3.63, 3.8) is 0 Å². The van der Waals surface area contributed by atoms with Crippen molar-refractivity contribution in [2.45, 2.75) is 12.5 Å². The summed E-state index contributed by atoms with van der Waals surface area (Å²) < 4.78 is 5.08. The minimum atomic E-state index is -0.789. The Labute approximate surface area is 59.3 Å². The van der Waals surface area contributed by atoms with Crippen LogP contribution >= 0.6 is 0 Å². The summed E-state index contributed by atoms with van der Waals surface area (Å²) in [6.07, 6.45) is 1.87. The quantitative estimate of drug-likeness (QED) is 0.576. The van der Waals surface area contributed by atoms with Crippen LogP contribution in [0.1, 0.15) is 6.42 Å². The Morgan fingerprint density at radius 2 is 2.50 bits per heavy atom. The molecule has 1 saturated heterocycles. The molecule has 3 heteroatoms. The lowest BCUT2D eigenvalue weighted by molar-refractivity contribution is -0.142. The van der Waals surface area contributed by atoms with Crippen LogP contribution in [0.25, 0.3) is 0 Å². The van der Waals surface area contributed by atoms with Gasteiger partial charge in [0.15, 0.2) is 0 Å². The van der Waals surface area contributed by atoms with E-state index < -0.39 is 5.97 Å². The fraction of sp³-hybridized carbons (Fsp3) is 0.571. The number of carboxylic acid groups (broad SMARTS) is 1. The number of rotatable bonds is 2. The summed E-state index contributed by atoms with van der Waals surface area (Å²) in [5.41, 5.74) is 0. The first-order valence-corrected chi connectivity index (χ1v) is 3.22. The minimum Gasteiger partial charge on any atom is -0.481 e. The van der Waals surface area contributed by atoms with E-state index >= 15 is 0 Å². The van der Waals surface area contributed by atoms with Gasteiger partial charge in [0, 0.05) is 6.61 Å². The average molecular weight is 142 g/mol. The van der Waals surface area contributed by atoms with E-state index in [2.05, 4.69) is 6.58 Å². The monoisotopic (exact) mass is 142 g/mol. The molecule has 56 valence electrons. The molecule has 0 aliphatic carbocycles. The van der Waals surface area contributed by atoms with Gasteiger partial charge in [-0.25, -0.2) is 0 Å². The maximum Gasteiger partial charge on any atom is 0.309 e.